The molecule has 3 heteroatoms. The van der Waals surface area contributed by atoms with Crippen LogP contribution in [-0.4, -0.2) is 0 Å². The van der Waals surface area contributed by atoms with Crippen molar-refractivity contribution < 1.29 is 8.83 Å². The minimum atomic E-state index is 0.840. The Kier molecular flexibility index (Phi) is 7.82. The van der Waals surface area contributed by atoms with E-state index in [1.807, 2.05) is 24.3 Å². The van der Waals surface area contributed by atoms with E-state index in [-0.39, 0.29) is 0 Å². The third-order valence-electron chi connectivity index (χ3n) is 11.1. The summed E-state index contributed by atoms with van der Waals surface area (Å²) in [5, 5.41) is 4.41. The van der Waals surface area contributed by atoms with E-state index >= 15 is 0 Å². The molecule has 0 saturated heterocycles. The highest BCUT2D eigenvalue weighted by Crippen LogP contribution is 2.49. The van der Waals surface area contributed by atoms with E-state index in [1.165, 1.54) is 11.1 Å². The topological polar surface area (TPSA) is 29.5 Å². The fourth-order valence-corrected chi connectivity index (χ4v) is 8.50. The average Bonchev–Trinajstić information content (AvgIpc) is 3.86. The number of hydrogen-bond acceptors (Lipinski definition) is 3. The van der Waals surface area contributed by atoms with Crippen molar-refractivity contribution in [3.63, 3.8) is 0 Å². The maximum absolute atomic E-state index is 6.67. The number of furan rings is 2. The minimum absolute atomic E-state index is 0.840. The monoisotopic (exact) mass is 729 g/mol. The Bertz CT molecular complexity index is 3230. The van der Waals surface area contributed by atoms with Crippen LogP contribution in [0.3, 0.4) is 0 Å². The van der Waals surface area contributed by atoms with E-state index in [4.69, 9.17) is 8.83 Å². The first-order valence-corrected chi connectivity index (χ1v) is 19.3. The van der Waals surface area contributed by atoms with Crippen molar-refractivity contribution in [2.75, 3.05) is 4.90 Å². The number of hydrogen-bond donors (Lipinski definition) is 0. The highest BCUT2D eigenvalue weighted by atomic mass is 16.3. The summed E-state index contributed by atoms with van der Waals surface area (Å²) in [6, 6.07) is 75.2. The number of benzene rings is 9. The number of para-hydroxylation sites is 3. The van der Waals surface area contributed by atoms with Gasteiger partial charge in [0.2, 0.25) is 0 Å². The molecule has 0 atom stereocenters. The first-order valence-electron chi connectivity index (χ1n) is 19.3. The van der Waals surface area contributed by atoms with E-state index < -0.39 is 0 Å². The van der Waals surface area contributed by atoms with E-state index in [2.05, 4.69) is 193 Å². The molecule has 268 valence electrons. The minimum Gasteiger partial charge on any atom is -0.456 e. The third kappa shape index (κ3) is 5.60. The normalized spacial score (nSPS) is 11.5. The molecule has 0 unspecified atom stereocenters. The van der Waals surface area contributed by atoms with Gasteiger partial charge in [0.1, 0.15) is 22.3 Å². The van der Waals surface area contributed by atoms with Crippen molar-refractivity contribution in [2.24, 2.45) is 0 Å². The Labute approximate surface area is 330 Å². The molecule has 11 aromatic rings. The molecule has 0 radical (unpaired) electrons. The Balaban J connectivity index is 1.21. The van der Waals surface area contributed by atoms with Gasteiger partial charge in [-0.15, -0.1) is 0 Å². The van der Waals surface area contributed by atoms with Gasteiger partial charge in [-0.05, 0) is 75.8 Å². The molecular formula is C54H35NO2. The van der Waals surface area contributed by atoms with Gasteiger partial charge in [0, 0.05) is 50.1 Å². The zero-order valence-electron chi connectivity index (χ0n) is 31.0. The predicted molar refractivity (Wildman–Crippen MR) is 237 cm³/mol. The fraction of sp³-hybridized carbons (Fsp3) is 0. The van der Waals surface area contributed by atoms with Crippen LogP contribution < -0.4 is 4.90 Å². The molecule has 9 aromatic carbocycles. The highest BCUT2D eigenvalue weighted by molar-refractivity contribution is 6.12. The largest absolute Gasteiger partial charge is 0.456 e. The molecule has 3 nitrogen and oxygen atoms in total. The summed E-state index contributed by atoms with van der Waals surface area (Å²) < 4.78 is 13.2. The van der Waals surface area contributed by atoms with Crippen LogP contribution >= 0.6 is 0 Å². The molecular weight excluding hydrogens is 695 g/mol. The van der Waals surface area contributed by atoms with E-state index in [1.54, 1.807) is 0 Å². The number of nitrogens with zero attached hydrogens (tertiary/aromatic N) is 1. The summed E-state index contributed by atoms with van der Waals surface area (Å²) in [7, 11) is 0. The van der Waals surface area contributed by atoms with E-state index in [0.29, 0.717) is 0 Å². The molecule has 0 aliphatic heterocycles. The second-order valence-electron chi connectivity index (χ2n) is 14.4. The van der Waals surface area contributed by atoms with Crippen LogP contribution in [0.15, 0.2) is 221 Å². The van der Waals surface area contributed by atoms with Gasteiger partial charge in [-0.25, -0.2) is 0 Å². The molecule has 0 fully saturated rings. The molecule has 0 aliphatic rings. The zero-order valence-corrected chi connectivity index (χ0v) is 31.0. The molecule has 0 bridgehead atoms. The van der Waals surface area contributed by atoms with Crippen LogP contribution in [0, 0.1) is 0 Å². The predicted octanol–water partition coefficient (Wildman–Crippen LogP) is 15.6. The van der Waals surface area contributed by atoms with E-state index in [9.17, 15) is 0 Å². The van der Waals surface area contributed by atoms with Gasteiger partial charge < -0.3 is 13.7 Å². The molecule has 0 amide bonds. The number of rotatable bonds is 7. The first-order chi connectivity index (χ1) is 28.3. The molecule has 2 heterocycles. The molecule has 11 rings (SSSR count). The van der Waals surface area contributed by atoms with E-state index in [0.717, 1.165) is 94.3 Å². The highest BCUT2D eigenvalue weighted by Gasteiger charge is 2.24. The summed E-state index contributed by atoms with van der Waals surface area (Å²) in [4.78, 5) is 2.39. The summed E-state index contributed by atoms with van der Waals surface area (Å²) in [6.45, 7) is 0. The van der Waals surface area contributed by atoms with Crippen molar-refractivity contribution in [1.29, 1.82) is 0 Å². The van der Waals surface area contributed by atoms with Gasteiger partial charge in [-0.2, -0.15) is 0 Å². The van der Waals surface area contributed by atoms with Crippen molar-refractivity contribution in [3.05, 3.63) is 212 Å². The van der Waals surface area contributed by atoms with Crippen LogP contribution in [0.5, 0.6) is 0 Å². The fourth-order valence-electron chi connectivity index (χ4n) is 8.50. The smallest absolute Gasteiger partial charge is 0.143 e. The quantitative estimate of drug-likeness (QED) is 0.164. The van der Waals surface area contributed by atoms with Gasteiger partial charge in [0.25, 0.3) is 0 Å². The average molecular weight is 730 g/mol. The molecule has 0 saturated carbocycles. The second-order valence-corrected chi connectivity index (χ2v) is 14.4. The lowest BCUT2D eigenvalue weighted by Crippen LogP contribution is -2.12. The van der Waals surface area contributed by atoms with Gasteiger partial charge in [0.15, 0.2) is 0 Å². The van der Waals surface area contributed by atoms with Crippen LogP contribution in [0.2, 0.25) is 0 Å². The summed E-state index contributed by atoms with van der Waals surface area (Å²) >= 11 is 0. The first kappa shape index (κ1) is 32.8. The maximum Gasteiger partial charge on any atom is 0.143 e. The molecule has 0 aliphatic carbocycles. The Morgan fingerprint density at radius 1 is 0.298 bits per heavy atom. The van der Waals surface area contributed by atoms with Crippen LogP contribution in [-0.2, 0) is 0 Å². The Morgan fingerprint density at radius 2 is 0.825 bits per heavy atom. The molecule has 2 aromatic heterocycles. The molecule has 0 spiro atoms. The lowest BCUT2D eigenvalue weighted by atomic mass is 9.90. The van der Waals surface area contributed by atoms with Gasteiger partial charge in [-0.1, -0.05) is 164 Å². The van der Waals surface area contributed by atoms with Crippen molar-refractivity contribution in [1.82, 2.24) is 0 Å². The Hall–Kier alpha value is -7.62. The standard InChI is InChI=1S/C54H35NO2/c1-4-16-36(17-5-1)41-32-30-39(34-48(41)37-18-6-2-7-19-37)55(40-31-33-44-42-22-10-12-28-50(42)56-52(44)35-40)49-27-15-24-45(53(49)38-20-8-3-9-21-38)47-26-14-25-46-43-23-11-13-29-51(43)57-54(46)47/h1-35H. The van der Waals surface area contributed by atoms with Crippen molar-refractivity contribution >= 4 is 60.9 Å². The van der Waals surface area contributed by atoms with Crippen LogP contribution in [0.1, 0.15) is 0 Å². The Morgan fingerprint density at radius 3 is 1.56 bits per heavy atom. The zero-order chi connectivity index (χ0) is 37.7. The SMILES string of the molecule is c1ccc(-c2ccc(N(c3ccc4c(c3)oc3ccccc34)c3cccc(-c4cccc5c4oc4ccccc45)c3-c3ccccc3)cc2-c2ccccc2)cc1. The molecule has 0 N–H and O–H groups in total. The third-order valence-corrected chi connectivity index (χ3v) is 11.1. The summed E-state index contributed by atoms with van der Waals surface area (Å²) in [6.07, 6.45) is 0. The molecule has 57 heavy (non-hydrogen) atoms. The maximum atomic E-state index is 6.67. The van der Waals surface area contributed by atoms with Crippen LogP contribution in [0.25, 0.3) is 88.4 Å². The van der Waals surface area contributed by atoms with Gasteiger partial charge in [0.05, 0.1) is 5.69 Å². The summed E-state index contributed by atoms with van der Waals surface area (Å²) in [5.74, 6) is 0. The van der Waals surface area contributed by atoms with Crippen LogP contribution in [0.4, 0.5) is 17.1 Å². The van der Waals surface area contributed by atoms with Crippen molar-refractivity contribution in [3.8, 4) is 44.5 Å². The van der Waals surface area contributed by atoms with Gasteiger partial charge >= 0.3 is 0 Å². The lowest BCUT2D eigenvalue weighted by molar-refractivity contribution is 0.669. The van der Waals surface area contributed by atoms with Gasteiger partial charge in [-0.3, -0.25) is 0 Å². The second kappa shape index (κ2) is 13.6. The number of fused-ring (bicyclic) bond motifs is 6. The lowest BCUT2D eigenvalue weighted by Gasteiger charge is -2.30. The number of anilines is 3. The van der Waals surface area contributed by atoms with Crippen molar-refractivity contribution in [2.45, 2.75) is 0 Å². The summed E-state index contributed by atoms with van der Waals surface area (Å²) in [5.41, 5.74) is 15.5.